The van der Waals surface area contributed by atoms with E-state index in [1.807, 2.05) is 12.4 Å². The van der Waals surface area contributed by atoms with E-state index < -0.39 is 0 Å². The van der Waals surface area contributed by atoms with Gasteiger partial charge in [-0.3, -0.25) is 9.88 Å². The van der Waals surface area contributed by atoms with Gasteiger partial charge in [-0.2, -0.15) is 0 Å². The number of nitrogens with zero attached hydrogens (tertiary/aromatic N) is 2. The van der Waals surface area contributed by atoms with Crippen molar-refractivity contribution in [2.75, 3.05) is 13.1 Å². The first-order valence-corrected chi connectivity index (χ1v) is 5.57. The fourth-order valence-corrected chi connectivity index (χ4v) is 2.89. The molecule has 3 saturated heterocycles. The van der Waals surface area contributed by atoms with Crippen LogP contribution in [0, 0.1) is 5.92 Å². The van der Waals surface area contributed by atoms with E-state index in [-0.39, 0.29) is 24.8 Å². The molecule has 2 bridgehead atoms. The molecule has 3 aliphatic heterocycles. The van der Waals surface area contributed by atoms with E-state index in [1.165, 1.54) is 37.9 Å². The van der Waals surface area contributed by atoms with Crippen molar-refractivity contribution in [2.24, 2.45) is 5.92 Å². The minimum atomic E-state index is 0. The zero-order valence-corrected chi connectivity index (χ0v) is 10.8. The SMILES string of the molecule is Cl.Cl.c1cncc([C@H]2CC3CCN2CC3)c1. The summed E-state index contributed by atoms with van der Waals surface area (Å²) in [6, 6.07) is 4.94. The highest BCUT2D eigenvalue weighted by Gasteiger charge is 2.34. The van der Waals surface area contributed by atoms with E-state index in [4.69, 9.17) is 0 Å². The van der Waals surface area contributed by atoms with Crippen LogP contribution in [0.25, 0.3) is 0 Å². The lowest BCUT2D eigenvalue weighted by molar-refractivity contribution is 0.0489. The lowest BCUT2D eigenvalue weighted by Crippen LogP contribution is -2.43. The second kappa shape index (κ2) is 5.85. The topological polar surface area (TPSA) is 16.1 Å². The Bertz CT molecular complexity index is 310. The molecular weight excluding hydrogens is 243 g/mol. The van der Waals surface area contributed by atoms with Crippen molar-refractivity contribution in [1.29, 1.82) is 0 Å². The van der Waals surface area contributed by atoms with Crippen molar-refractivity contribution < 1.29 is 0 Å². The molecule has 4 heterocycles. The molecule has 0 saturated carbocycles. The number of hydrogen-bond donors (Lipinski definition) is 0. The number of hydrogen-bond acceptors (Lipinski definition) is 2. The van der Waals surface area contributed by atoms with Crippen LogP contribution in [0.15, 0.2) is 24.5 Å². The fraction of sp³-hybridized carbons (Fsp3) is 0.583. The quantitative estimate of drug-likeness (QED) is 0.772. The summed E-state index contributed by atoms with van der Waals surface area (Å²) in [7, 11) is 0. The molecule has 0 aliphatic carbocycles. The Morgan fingerprint density at radius 1 is 1.19 bits per heavy atom. The van der Waals surface area contributed by atoms with Gasteiger partial charge in [0.05, 0.1) is 0 Å². The second-order valence-corrected chi connectivity index (χ2v) is 4.52. The summed E-state index contributed by atoms with van der Waals surface area (Å²) in [6.07, 6.45) is 8.07. The van der Waals surface area contributed by atoms with Gasteiger partial charge in [0.1, 0.15) is 0 Å². The molecule has 1 aromatic heterocycles. The van der Waals surface area contributed by atoms with E-state index in [0.29, 0.717) is 6.04 Å². The molecule has 0 unspecified atom stereocenters. The highest BCUT2D eigenvalue weighted by Crippen LogP contribution is 2.39. The first kappa shape index (κ1) is 13.8. The summed E-state index contributed by atoms with van der Waals surface area (Å²) in [6.45, 7) is 2.59. The third kappa shape index (κ3) is 2.50. The monoisotopic (exact) mass is 260 g/mol. The highest BCUT2D eigenvalue weighted by atomic mass is 35.5. The van der Waals surface area contributed by atoms with Crippen molar-refractivity contribution in [2.45, 2.75) is 25.3 Å². The molecule has 0 N–H and O–H groups in total. The maximum Gasteiger partial charge on any atom is 0.0366 e. The van der Waals surface area contributed by atoms with Crippen LogP contribution in [0.4, 0.5) is 0 Å². The Kier molecular flexibility index (Phi) is 5.03. The molecule has 4 heteroatoms. The summed E-state index contributed by atoms with van der Waals surface area (Å²) < 4.78 is 0. The predicted octanol–water partition coefficient (Wildman–Crippen LogP) is 3.08. The van der Waals surface area contributed by atoms with Gasteiger partial charge in [0.15, 0.2) is 0 Å². The number of pyridine rings is 1. The van der Waals surface area contributed by atoms with Crippen LogP contribution in [-0.4, -0.2) is 23.0 Å². The molecule has 4 rings (SSSR count). The Hall–Kier alpha value is -0.310. The zero-order chi connectivity index (χ0) is 9.38. The standard InChI is InChI=1S/C12H16N2.2ClH/c1-2-11(9-13-5-1)12-8-10-3-6-14(12)7-4-10;;/h1-2,5,9-10,12H,3-4,6-8H2;2*1H/t12-;;/m1../s1. The largest absolute Gasteiger partial charge is 0.296 e. The zero-order valence-electron chi connectivity index (χ0n) is 9.21. The van der Waals surface area contributed by atoms with Crippen molar-refractivity contribution in [3.8, 4) is 0 Å². The van der Waals surface area contributed by atoms with Crippen LogP contribution < -0.4 is 0 Å². The molecule has 0 radical (unpaired) electrons. The van der Waals surface area contributed by atoms with Gasteiger partial charge in [-0.15, -0.1) is 24.8 Å². The molecule has 90 valence electrons. The maximum atomic E-state index is 4.22. The minimum Gasteiger partial charge on any atom is -0.296 e. The summed E-state index contributed by atoms with van der Waals surface area (Å²) in [5.74, 6) is 0.977. The smallest absolute Gasteiger partial charge is 0.0366 e. The van der Waals surface area contributed by atoms with Crippen LogP contribution in [0.2, 0.25) is 0 Å². The number of fused-ring (bicyclic) bond motifs is 3. The third-order valence-corrected chi connectivity index (χ3v) is 3.72. The number of halogens is 2. The lowest BCUT2D eigenvalue weighted by atomic mass is 9.81. The van der Waals surface area contributed by atoms with E-state index in [0.717, 1.165) is 5.92 Å². The molecule has 0 aromatic carbocycles. The van der Waals surface area contributed by atoms with Gasteiger partial charge in [0.25, 0.3) is 0 Å². The first-order valence-electron chi connectivity index (χ1n) is 5.57. The lowest BCUT2D eigenvalue weighted by Gasteiger charge is -2.45. The highest BCUT2D eigenvalue weighted by molar-refractivity contribution is 5.85. The Labute approximate surface area is 109 Å². The van der Waals surface area contributed by atoms with Gasteiger partial charge in [-0.05, 0) is 49.9 Å². The Balaban J connectivity index is 0.000000640. The maximum absolute atomic E-state index is 4.22. The van der Waals surface area contributed by atoms with Crippen LogP contribution in [0.1, 0.15) is 30.9 Å². The first-order chi connectivity index (χ1) is 6.93. The molecule has 1 atom stereocenters. The van der Waals surface area contributed by atoms with Crippen molar-refractivity contribution >= 4 is 24.8 Å². The summed E-state index contributed by atoms with van der Waals surface area (Å²) in [5.41, 5.74) is 1.41. The van der Waals surface area contributed by atoms with Crippen LogP contribution in [-0.2, 0) is 0 Å². The predicted molar refractivity (Wildman–Crippen MR) is 70.4 cm³/mol. The molecule has 0 spiro atoms. The van der Waals surface area contributed by atoms with E-state index in [2.05, 4.69) is 22.0 Å². The Morgan fingerprint density at radius 2 is 1.94 bits per heavy atom. The van der Waals surface area contributed by atoms with E-state index >= 15 is 0 Å². The third-order valence-electron chi connectivity index (χ3n) is 3.72. The van der Waals surface area contributed by atoms with Crippen LogP contribution in [0.5, 0.6) is 0 Å². The van der Waals surface area contributed by atoms with Gasteiger partial charge in [-0.25, -0.2) is 0 Å². The summed E-state index contributed by atoms with van der Waals surface area (Å²) >= 11 is 0. The van der Waals surface area contributed by atoms with Gasteiger partial charge in [-0.1, -0.05) is 6.07 Å². The van der Waals surface area contributed by atoms with Gasteiger partial charge < -0.3 is 0 Å². The molecule has 0 amide bonds. The molecule has 2 nitrogen and oxygen atoms in total. The number of rotatable bonds is 1. The van der Waals surface area contributed by atoms with Gasteiger partial charge >= 0.3 is 0 Å². The molecule has 1 aromatic rings. The van der Waals surface area contributed by atoms with Crippen molar-refractivity contribution in [1.82, 2.24) is 9.88 Å². The number of piperidine rings is 3. The fourth-order valence-electron chi connectivity index (χ4n) is 2.89. The van der Waals surface area contributed by atoms with Crippen LogP contribution in [0.3, 0.4) is 0 Å². The normalized spacial score (nSPS) is 31.4. The molecule has 3 fully saturated rings. The van der Waals surface area contributed by atoms with E-state index in [9.17, 15) is 0 Å². The molecular formula is C12H18Cl2N2. The van der Waals surface area contributed by atoms with Gasteiger partial charge in [0.2, 0.25) is 0 Å². The van der Waals surface area contributed by atoms with Crippen LogP contribution >= 0.6 is 24.8 Å². The minimum absolute atomic E-state index is 0. The van der Waals surface area contributed by atoms with Crippen molar-refractivity contribution in [3.63, 3.8) is 0 Å². The van der Waals surface area contributed by atoms with E-state index in [1.54, 1.807) is 0 Å². The summed E-state index contributed by atoms with van der Waals surface area (Å²) in [4.78, 5) is 6.84. The Morgan fingerprint density at radius 3 is 2.44 bits per heavy atom. The number of aromatic nitrogens is 1. The average Bonchev–Trinajstić information content (AvgIpc) is 2.32. The average molecular weight is 261 g/mol. The molecule has 16 heavy (non-hydrogen) atoms. The second-order valence-electron chi connectivity index (χ2n) is 4.52. The van der Waals surface area contributed by atoms with Crippen molar-refractivity contribution in [3.05, 3.63) is 30.1 Å². The molecule has 3 aliphatic rings. The summed E-state index contributed by atoms with van der Waals surface area (Å²) in [5, 5.41) is 0. The van der Waals surface area contributed by atoms with Gasteiger partial charge in [0, 0.05) is 18.4 Å².